The highest BCUT2D eigenvalue weighted by molar-refractivity contribution is 7.92. The number of carbonyl (C=O) groups excluding carboxylic acids is 2. The lowest BCUT2D eigenvalue weighted by Crippen LogP contribution is -2.55. The maximum absolute atomic E-state index is 14.6. The molecule has 1 N–H and O–H groups in total. The Labute approximate surface area is 291 Å². The highest BCUT2D eigenvalue weighted by Crippen LogP contribution is 2.29. The van der Waals surface area contributed by atoms with Crippen molar-refractivity contribution in [3.05, 3.63) is 129 Å². The van der Waals surface area contributed by atoms with Crippen LogP contribution in [0.1, 0.15) is 43.2 Å². The monoisotopic (exact) mass is 711 g/mol. The van der Waals surface area contributed by atoms with Gasteiger partial charge in [-0.1, -0.05) is 115 Å². The number of rotatable bonds is 12. The molecule has 5 rings (SSSR count). The number of benzene rings is 4. The average molecular weight is 713 g/mol. The molecule has 0 spiro atoms. The average Bonchev–Trinajstić information content (AvgIpc) is 3.07. The van der Waals surface area contributed by atoms with E-state index in [2.05, 4.69) is 5.32 Å². The summed E-state index contributed by atoms with van der Waals surface area (Å²) in [6.07, 6.45) is 5.08. The smallest absolute Gasteiger partial charge is 0.264 e. The molecular formula is C36H36Cl3N3O4S. The Morgan fingerprint density at radius 1 is 0.787 bits per heavy atom. The molecule has 0 saturated heterocycles. The second kappa shape index (κ2) is 16.0. The van der Waals surface area contributed by atoms with Crippen LogP contribution in [0, 0.1) is 0 Å². The number of carbonyl (C=O) groups is 2. The topological polar surface area (TPSA) is 86.8 Å². The van der Waals surface area contributed by atoms with Crippen molar-refractivity contribution >= 4 is 62.3 Å². The van der Waals surface area contributed by atoms with Crippen LogP contribution in [-0.4, -0.2) is 43.8 Å². The molecular weight excluding hydrogens is 677 g/mol. The molecule has 7 nitrogen and oxygen atoms in total. The van der Waals surface area contributed by atoms with Crippen LogP contribution in [0.2, 0.25) is 15.1 Å². The third-order valence-electron chi connectivity index (χ3n) is 8.28. The maximum Gasteiger partial charge on any atom is 0.264 e. The predicted octanol–water partition coefficient (Wildman–Crippen LogP) is 7.93. The van der Waals surface area contributed by atoms with Crippen molar-refractivity contribution in [3.63, 3.8) is 0 Å². The molecule has 246 valence electrons. The Morgan fingerprint density at radius 2 is 1.45 bits per heavy atom. The molecule has 0 heterocycles. The zero-order valence-electron chi connectivity index (χ0n) is 25.7. The van der Waals surface area contributed by atoms with Crippen molar-refractivity contribution in [2.75, 3.05) is 10.8 Å². The van der Waals surface area contributed by atoms with Crippen molar-refractivity contribution < 1.29 is 18.0 Å². The summed E-state index contributed by atoms with van der Waals surface area (Å²) in [4.78, 5) is 30.3. The first kappa shape index (κ1) is 34.8. The summed E-state index contributed by atoms with van der Waals surface area (Å²) >= 11 is 19.1. The van der Waals surface area contributed by atoms with Gasteiger partial charge in [0.05, 0.1) is 10.6 Å². The standard InChI is InChI=1S/C36H36Cl3N3O4S/c37-28-13-10-16-31(22-28)42(47(45,46)32-17-8-3-9-18-32)25-35(43)41(24-27-19-20-29(38)23-33(27)39)34(21-26-11-4-1-5-12-26)36(44)40-30-14-6-2-7-15-30/h1,3-5,8-13,16-20,22-23,30,34H,2,6-7,14-15,21,24-25H2,(H,40,44)/t34-/m0/s1. The van der Waals surface area contributed by atoms with Crippen molar-refractivity contribution in [1.82, 2.24) is 10.2 Å². The fraction of sp³-hybridized carbons (Fsp3) is 0.278. The summed E-state index contributed by atoms with van der Waals surface area (Å²) in [7, 11) is -4.23. The van der Waals surface area contributed by atoms with Crippen LogP contribution in [0.4, 0.5) is 5.69 Å². The van der Waals surface area contributed by atoms with E-state index in [1.807, 2.05) is 30.3 Å². The van der Waals surface area contributed by atoms with Crippen LogP contribution in [-0.2, 0) is 32.6 Å². The minimum atomic E-state index is -4.23. The molecule has 0 aliphatic heterocycles. The van der Waals surface area contributed by atoms with Crippen LogP contribution in [0.5, 0.6) is 0 Å². The van der Waals surface area contributed by atoms with E-state index in [4.69, 9.17) is 34.8 Å². The Bertz CT molecular complexity index is 1790. The van der Waals surface area contributed by atoms with E-state index in [0.29, 0.717) is 20.6 Å². The Kier molecular flexibility index (Phi) is 11.9. The van der Waals surface area contributed by atoms with E-state index in [-0.39, 0.29) is 35.5 Å². The first-order valence-electron chi connectivity index (χ1n) is 15.5. The molecule has 1 aliphatic carbocycles. The second-order valence-corrected chi connectivity index (χ2v) is 14.8. The van der Waals surface area contributed by atoms with Gasteiger partial charge in [-0.3, -0.25) is 13.9 Å². The lowest BCUT2D eigenvalue weighted by atomic mass is 9.94. The minimum absolute atomic E-state index is 0.00740. The molecule has 1 fully saturated rings. The van der Waals surface area contributed by atoms with E-state index in [0.717, 1.165) is 42.0 Å². The van der Waals surface area contributed by atoms with Crippen LogP contribution in [0.25, 0.3) is 0 Å². The summed E-state index contributed by atoms with van der Waals surface area (Å²) in [6.45, 7) is -0.649. The molecule has 0 unspecified atom stereocenters. The van der Waals surface area contributed by atoms with Gasteiger partial charge >= 0.3 is 0 Å². The molecule has 0 bridgehead atoms. The van der Waals surface area contributed by atoms with Gasteiger partial charge in [0.2, 0.25) is 11.8 Å². The zero-order chi connectivity index (χ0) is 33.4. The number of anilines is 1. The van der Waals surface area contributed by atoms with Gasteiger partial charge in [0.15, 0.2) is 0 Å². The lowest BCUT2D eigenvalue weighted by Gasteiger charge is -2.35. The highest BCUT2D eigenvalue weighted by atomic mass is 35.5. The van der Waals surface area contributed by atoms with Gasteiger partial charge in [-0.15, -0.1) is 0 Å². The van der Waals surface area contributed by atoms with Crippen LogP contribution in [0.3, 0.4) is 0 Å². The fourth-order valence-corrected chi connectivity index (χ4v) is 7.89. The number of hydrogen-bond donors (Lipinski definition) is 1. The molecule has 1 atom stereocenters. The van der Waals surface area contributed by atoms with Gasteiger partial charge in [0.25, 0.3) is 10.0 Å². The van der Waals surface area contributed by atoms with E-state index >= 15 is 0 Å². The number of sulfonamides is 1. The molecule has 1 saturated carbocycles. The van der Waals surface area contributed by atoms with Crippen LogP contribution >= 0.6 is 34.8 Å². The molecule has 0 aromatic heterocycles. The number of halogens is 3. The lowest BCUT2D eigenvalue weighted by molar-refractivity contribution is -0.140. The second-order valence-electron chi connectivity index (χ2n) is 11.6. The third-order valence-corrected chi connectivity index (χ3v) is 10.9. The quantitative estimate of drug-likeness (QED) is 0.162. The summed E-state index contributed by atoms with van der Waals surface area (Å²) in [5.41, 5.74) is 1.62. The number of amides is 2. The first-order valence-corrected chi connectivity index (χ1v) is 18.1. The molecule has 2 amide bonds. The van der Waals surface area contributed by atoms with Gasteiger partial charge in [-0.2, -0.15) is 0 Å². The number of nitrogens with zero attached hydrogens (tertiary/aromatic N) is 2. The summed E-state index contributed by atoms with van der Waals surface area (Å²) < 4.78 is 29.2. The predicted molar refractivity (Wildman–Crippen MR) is 188 cm³/mol. The van der Waals surface area contributed by atoms with E-state index in [1.165, 1.54) is 23.1 Å². The van der Waals surface area contributed by atoms with Crippen molar-refractivity contribution in [1.29, 1.82) is 0 Å². The Hall–Kier alpha value is -3.56. The van der Waals surface area contributed by atoms with Crippen LogP contribution in [0.15, 0.2) is 108 Å². The SMILES string of the molecule is O=C(NC1CCCCC1)[C@H](Cc1ccccc1)N(Cc1ccc(Cl)cc1Cl)C(=O)CN(c1cccc(Cl)c1)S(=O)(=O)c1ccccc1. The molecule has 1 aliphatic rings. The van der Waals surface area contributed by atoms with Crippen LogP contribution < -0.4 is 9.62 Å². The molecule has 11 heteroatoms. The van der Waals surface area contributed by atoms with Gasteiger partial charge in [-0.05, 0) is 66.4 Å². The number of hydrogen-bond acceptors (Lipinski definition) is 4. The van der Waals surface area contributed by atoms with Gasteiger partial charge < -0.3 is 10.2 Å². The van der Waals surface area contributed by atoms with E-state index in [1.54, 1.807) is 54.6 Å². The molecule has 0 radical (unpaired) electrons. The number of nitrogens with one attached hydrogen (secondary N) is 1. The summed E-state index contributed by atoms with van der Waals surface area (Å²) in [5.74, 6) is -0.894. The Balaban J connectivity index is 1.58. The van der Waals surface area contributed by atoms with Gasteiger partial charge in [0, 0.05) is 34.1 Å². The summed E-state index contributed by atoms with van der Waals surface area (Å²) in [5, 5.41) is 4.25. The molecule has 4 aromatic carbocycles. The highest BCUT2D eigenvalue weighted by Gasteiger charge is 2.35. The van der Waals surface area contributed by atoms with E-state index < -0.39 is 28.5 Å². The van der Waals surface area contributed by atoms with Crippen molar-refractivity contribution in [3.8, 4) is 0 Å². The molecule has 47 heavy (non-hydrogen) atoms. The summed E-state index contributed by atoms with van der Waals surface area (Å²) in [6, 6.07) is 27.6. The maximum atomic E-state index is 14.6. The van der Waals surface area contributed by atoms with E-state index in [9.17, 15) is 18.0 Å². The van der Waals surface area contributed by atoms with Crippen molar-refractivity contribution in [2.45, 2.75) is 62.0 Å². The minimum Gasteiger partial charge on any atom is -0.352 e. The zero-order valence-corrected chi connectivity index (χ0v) is 28.8. The van der Waals surface area contributed by atoms with Crippen molar-refractivity contribution in [2.24, 2.45) is 0 Å². The fourth-order valence-electron chi connectivity index (χ4n) is 5.81. The largest absolute Gasteiger partial charge is 0.352 e. The third kappa shape index (κ3) is 9.08. The normalized spacial score (nSPS) is 14.3. The van der Waals surface area contributed by atoms with Gasteiger partial charge in [0.1, 0.15) is 12.6 Å². The first-order chi connectivity index (χ1) is 22.6. The molecule has 4 aromatic rings. The Morgan fingerprint density at radius 3 is 2.11 bits per heavy atom. The van der Waals surface area contributed by atoms with Gasteiger partial charge in [-0.25, -0.2) is 8.42 Å².